The molecule has 1 unspecified atom stereocenters. The first-order chi connectivity index (χ1) is 19.0. The predicted molar refractivity (Wildman–Crippen MR) is 146 cm³/mol. The number of ether oxygens (including phenoxy) is 2. The number of fused-ring (bicyclic) bond motifs is 1. The first-order valence-electron chi connectivity index (χ1n) is 13.0. The van der Waals surface area contributed by atoms with Crippen molar-refractivity contribution >= 4 is 34.4 Å². The SMILES string of the molecule is O=C(O)c1ccc2nc(CN3CCN(c4cccc(OCc5ccc(Cl)cn5)n4)CC3)n(CC3CCO3)c2c1. The summed E-state index contributed by atoms with van der Waals surface area (Å²) in [4.78, 5) is 30.0. The molecule has 11 heteroatoms. The number of carboxylic acid groups (broad SMARTS) is 1. The quantitative estimate of drug-likeness (QED) is 0.333. The van der Waals surface area contributed by atoms with E-state index in [1.165, 1.54) is 0 Å². The highest BCUT2D eigenvalue weighted by atomic mass is 35.5. The molecule has 2 aliphatic rings. The van der Waals surface area contributed by atoms with Crippen LogP contribution in [0, 0.1) is 0 Å². The third kappa shape index (κ3) is 5.83. The third-order valence-electron chi connectivity index (χ3n) is 7.18. The lowest BCUT2D eigenvalue weighted by Crippen LogP contribution is -2.46. The van der Waals surface area contributed by atoms with Crippen molar-refractivity contribution in [3.8, 4) is 5.88 Å². The standard InChI is InChI=1S/C28H29ClN6O4/c29-20-5-6-21(30-15-20)18-39-27-3-1-2-25(32-27)34-11-9-33(10-12-34)17-26-31-23-7-4-19(28(36)37)14-24(23)35(26)16-22-8-13-38-22/h1-7,14-15,22H,8-13,16-18H2,(H,36,37). The number of halogens is 1. The van der Waals surface area contributed by atoms with Gasteiger partial charge in [0.15, 0.2) is 0 Å². The predicted octanol–water partition coefficient (Wildman–Crippen LogP) is 3.87. The van der Waals surface area contributed by atoms with Crippen molar-refractivity contribution in [1.82, 2.24) is 24.4 Å². The molecule has 1 aromatic carbocycles. The zero-order valence-corrected chi connectivity index (χ0v) is 22.1. The molecule has 0 aliphatic carbocycles. The Bertz CT molecular complexity index is 1460. The number of carboxylic acids is 1. The number of aromatic nitrogens is 4. The molecule has 39 heavy (non-hydrogen) atoms. The highest BCUT2D eigenvalue weighted by molar-refractivity contribution is 6.30. The van der Waals surface area contributed by atoms with Crippen molar-refractivity contribution < 1.29 is 19.4 Å². The zero-order valence-electron chi connectivity index (χ0n) is 21.4. The second-order valence-electron chi connectivity index (χ2n) is 9.78. The summed E-state index contributed by atoms with van der Waals surface area (Å²) in [5.74, 6) is 1.43. The minimum atomic E-state index is -0.938. The number of pyridine rings is 2. The van der Waals surface area contributed by atoms with Crippen molar-refractivity contribution in [2.75, 3.05) is 37.7 Å². The normalized spacial score (nSPS) is 17.8. The van der Waals surface area contributed by atoms with Crippen LogP contribution >= 0.6 is 11.6 Å². The fourth-order valence-corrected chi connectivity index (χ4v) is 5.01. The zero-order chi connectivity index (χ0) is 26.8. The summed E-state index contributed by atoms with van der Waals surface area (Å²) >= 11 is 5.91. The molecule has 0 saturated carbocycles. The largest absolute Gasteiger partial charge is 0.478 e. The molecule has 2 aliphatic heterocycles. The first-order valence-corrected chi connectivity index (χ1v) is 13.4. The number of hydrogen-bond donors (Lipinski definition) is 1. The Labute approximate surface area is 230 Å². The van der Waals surface area contributed by atoms with Gasteiger partial charge < -0.3 is 24.0 Å². The fraction of sp³-hybridized carbons (Fsp3) is 0.357. The Kier molecular flexibility index (Phi) is 7.32. The topological polar surface area (TPSA) is 106 Å². The van der Waals surface area contributed by atoms with E-state index in [1.54, 1.807) is 30.5 Å². The van der Waals surface area contributed by atoms with E-state index in [1.807, 2.05) is 24.3 Å². The van der Waals surface area contributed by atoms with Crippen LogP contribution in [0.4, 0.5) is 5.82 Å². The van der Waals surface area contributed by atoms with Crippen molar-refractivity contribution in [3.63, 3.8) is 0 Å². The van der Waals surface area contributed by atoms with Crippen LogP contribution in [0.3, 0.4) is 0 Å². The smallest absolute Gasteiger partial charge is 0.335 e. The summed E-state index contributed by atoms with van der Waals surface area (Å²) in [5.41, 5.74) is 2.70. The monoisotopic (exact) mass is 548 g/mol. The molecular weight excluding hydrogens is 520 g/mol. The second-order valence-corrected chi connectivity index (χ2v) is 10.2. The molecule has 3 aromatic heterocycles. The molecule has 2 saturated heterocycles. The maximum absolute atomic E-state index is 11.6. The van der Waals surface area contributed by atoms with E-state index in [0.717, 1.165) is 67.6 Å². The Morgan fingerprint density at radius 1 is 1.10 bits per heavy atom. The van der Waals surface area contributed by atoms with E-state index in [2.05, 4.69) is 19.4 Å². The summed E-state index contributed by atoms with van der Waals surface area (Å²) in [6.07, 6.45) is 2.75. The minimum Gasteiger partial charge on any atom is -0.478 e. The average molecular weight is 549 g/mol. The van der Waals surface area contributed by atoms with Crippen LogP contribution in [0.15, 0.2) is 54.7 Å². The minimum absolute atomic E-state index is 0.141. The van der Waals surface area contributed by atoms with Gasteiger partial charge in [-0.25, -0.2) is 9.78 Å². The van der Waals surface area contributed by atoms with E-state index in [-0.39, 0.29) is 11.7 Å². The van der Waals surface area contributed by atoms with Crippen LogP contribution < -0.4 is 9.64 Å². The first kappa shape index (κ1) is 25.5. The molecule has 6 rings (SSSR count). The summed E-state index contributed by atoms with van der Waals surface area (Å²) in [6, 6.07) is 14.6. The summed E-state index contributed by atoms with van der Waals surface area (Å²) in [7, 11) is 0. The number of imidazole rings is 1. The summed E-state index contributed by atoms with van der Waals surface area (Å²) < 4.78 is 13.7. The number of hydrogen-bond acceptors (Lipinski definition) is 8. The van der Waals surface area contributed by atoms with Gasteiger partial charge in [0.1, 0.15) is 18.2 Å². The van der Waals surface area contributed by atoms with Crippen LogP contribution in [0.5, 0.6) is 5.88 Å². The maximum atomic E-state index is 11.6. The van der Waals surface area contributed by atoms with Gasteiger partial charge in [-0.2, -0.15) is 4.98 Å². The second kappa shape index (κ2) is 11.2. The Morgan fingerprint density at radius 3 is 2.67 bits per heavy atom. The summed E-state index contributed by atoms with van der Waals surface area (Å²) in [6.45, 7) is 5.81. The summed E-state index contributed by atoms with van der Waals surface area (Å²) in [5, 5.41) is 10.1. The lowest BCUT2D eigenvalue weighted by molar-refractivity contribution is -0.0592. The van der Waals surface area contributed by atoms with Gasteiger partial charge in [0.05, 0.1) is 46.5 Å². The molecule has 202 valence electrons. The van der Waals surface area contributed by atoms with Gasteiger partial charge in [-0.05, 0) is 42.8 Å². The van der Waals surface area contributed by atoms with Crippen LogP contribution in [0.25, 0.3) is 11.0 Å². The maximum Gasteiger partial charge on any atom is 0.335 e. The lowest BCUT2D eigenvalue weighted by atomic mass is 10.1. The van der Waals surface area contributed by atoms with E-state index in [9.17, 15) is 9.90 Å². The van der Waals surface area contributed by atoms with Crippen molar-refractivity contribution in [2.24, 2.45) is 0 Å². The molecule has 1 atom stereocenters. The fourth-order valence-electron chi connectivity index (χ4n) is 4.90. The molecule has 1 N–H and O–H groups in total. The Balaban J connectivity index is 1.11. The molecule has 2 fully saturated rings. The molecule has 4 aromatic rings. The highest BCUT2D eigenvalue weighted by Crippen LogP contribution is 2.24. The molecule has 0 amide bonds. The van der Waals surface area contributed by atoms with Gasteiger partial charge in [0, 0.05) is 45.0 Å². The highest BCUT2D eigenvalue weighted by Gasteiger charge is 2.25. The molecule has 0 radical (unpaired) electrons. The Morgan fingerprint density at radius 2 is 1.95 bits per heavy atom. The van der Waals surface area contributed by atoms with Crippen LogP contribution in [-0.2, 0) is 24.4 Å². The van der Waals surface area contributed by atoms with E-state index < -0.39 is 5.97 Å². The number of anilines is 1. The van der Waals surface area contributed by atoms with Gasteiger partial charge in [-0.3, -0.25) is 9.88 Å². The van der Waals surface area contributed by atoms with Crippen LogP contribution in [0.2, 0.25) is 5.02 Å². The van der Waals surface area contributed by atoms with Crippen LogP contribution in [-0.4, -0.2) is 74.4 Å². The van der Waals surface area contributed by atoms with Gasteiger partial charge in [-0.1, -0.05) is 17.7 Å². The van der Waals surface area contributed by atoms with Gasteiger partial charge in [0.25, 0.3) is 0 Å². The van der Waals surface area contributed by atoms with Crippen LogP contribution in [0.1, 0.15) is 28.3 Å². The van der Waals surface area contributed by atoms with Crippen molar-refractivity contribution in [3.05, 3.63) is 76.8 Å². The van der Waals surface area contributed by atoms with E-state index >= 15 is 0 Å². The van der Waals surface area contributed by atoms with Gasteiger partial charge in [0.2, 0.25) is 5.88 Å². The number of nitrogens with zero attached hydrogens (tertiary/aromatic N) is 6. The molecule has 5 heterocycles. The van der Waals surface area contributed by atoms with Gasteiger partial charge >= 0.3 is 5.97 Å². The Hall–Kier alpha value is -3.73. The van der Waals surface area contributed by atoms with E-state index in [4.69, 9.17) is 31.0 Å². The number of rotatable bonds is 9. The molecule has 0 spiro atoms. The molecule has 0 bridgehead atoms. The number of benzene rings is 1. The number of carbonyl (C=O) groups is 1. The van der Waals surface area contributed by atoms with Gasteiger partial charge in [-0.15, -0.1) is 0 Å². The molecule has 10 nitrogen and oxygen atoms in total. The number of aromatic carboxylic acids is 1. The average Bonchev–Trinajstić information content (AvgIpc) is 3.26. The van der Waals surface area contributed by atoms with E-state index in [0.29, 0.717) is 30.6 Å². The third-order valence-corrected chi connectivity index (χ3v) is 7.40. The molecular formula is C28H29ClN6O4. The lowest BCUT2D eigenvalue weighted by Gasteiger charge is -2.35. The number of piperazine rings is 1. The van der Waals surface area contributed by atoms with Crippen molar-refractivity contribution in [2.45, 2.75) is 32.2 Å². The van der Waals surface area contributed by atoms with Crippen molar-refractivity contribution in [1.29, 1.82) is 0 Å².